The van der Waals surface area contributed by atoms with Crippen LogP contribution < -0.4 is 4.42 Å². The zero-order valence-electron chi connectivity index (χ0n) is 6.85. The Morgan fingerprint density at radius 2 is 1.79 bits per heavy atom. The topological polar surface area (TPSA) is 77.8 Å². The number of halogens is 1. The minimum absolute atomic E-state index is 0.0748. The van der Waals surface area contributed by atoms with E-state index in [2.05, 4.69) is 0 Å². The first-order valence-corrected chi connectivity index (χ1v) is 3.89. The van der Waals surface area contributed by atoms with E-state index >= 15 is 0 Å². The SMILES string of the molecule is O=C(O)c1ccccc1N(Cl)C(=O)O. The molecular formula is C8H6ClNO4. The zero-order valence-corrected chi connectivity index (χ0v) is 7.60. The van der Waals surface area contributed by atoms with E-state index in [4.69, 9.17) is 22.0 Å². The van der Waals surface area contributed by atoms with E-state index in [-0.39, 0.29) is 11.3 Å². The predicted molar refractivity (Wildman–Crippen MR) is 49.8 cm³/mol. The number of carboxylic acids is 1. The average molecular weight is 216 g/mol. The van der Waals surface area contributed by atoms with Crippen molar-refractivity contribution in [1.29, 1.82) is 0 Å². The number of para-hydroxylation sites is 1. The molecule has 0 fully saturated rings. The Hall–Kier alpha value is -1.75. The van der Waals surface area contributed by atoms with Crippen LogP contribution in [0.1, 0.15) is 10.4 Å². The van der Waals surface area contributed by atoms with Crippen LogP contribution in [0.2, 0.25) is 0 Å². The highest BCUT2D eigenvalue weighted by molar-refractivity contribution is 6.36. The summed E-state index contributed by atoms with van der Waals surface area (Å²) in [7, 11) is 0. The van der Waals surface area contributed by atoms with Crippen molar-refractivity contribution >= 4 is 29.5 Å². The number of aromatic carboxylic acids is 1. The van der Waals surface area contributed by atoms with Gasteiger partial charge >= 0.3 is 12.1 Å². The Labute approximate surface area is 84.2 Å². The fourth-order valence-corrected chi connectivity index (χ4v) is 1.08. The molecule has 0 radical (unpaired) electrons. The second-order valence-electron chi connectivity index (χ2n) is 2.39. The molecule has 0 unspecified atom stereocenters. The van der Waals surface area contributed by atoms with Crippen molar-refractivity contribution in [3.8, 4) is 0 Å². The number of carbonyl (C=O) groups is 2. The summed E-state index contributed by atoms with van der Waals surface area (Å²) in [5, 5.41) is 17.3. The van der Waals surface area contributed by atoms with E-state index < -0.39 is 12.1 Å². The smallest absolute Gasteiger partial charge is 0.426 e. The summed E-state index contributed by atoms with van der Waals surface area (Å²) >= 11 is 5.36. The third-order valence-corrected chi connectivity index (χ3v) is 1.84. The molecule has 0 aliphatic heterocycles. The van der Waals surface area contributed by atoms with Crippen molar-refractivity contribution in [2.24, 2.45) is 0 Å². The van der Waals surface area contributed by atoms with Crippen LogP contribution in [0.3, 0.4) is 0 Å². The summed E-state index contributed by atoms with van der Waals surface area (Å²) in [4.78, 5) is 21.1. The van der Waals surface area contributed by atoms with E-state index in [1.54, 1.807) is 0 Å². The summed E-state index contributed by atoms with van der Waals surface area (Å²) in [6.45, 7) is 0. The minimum atomic E-state index is -1.43. The number of amides is 1. The molecule has 1 aromatic rings. The van der Waals surface area contributed by atoms with Crippen LogP contribution in [0.15, 0.2) is 24.3 Å². The van der Waals surface area contributed by atoms with Crippen molar-refractivity contribution in [1.82, 2.24) is 0 Å². The van der Waals surface area contributed by atoms with Gasteiger partial charge in [-0.3, -0.25) is 0 Å². The summed E-state index contributed by atoms with van der Waals surface area (Å²) in [5.41, 5.74) is -0.237. The minimum Gasteiger partial charge on any atom is -0.478 e. The van der Waals surface area contributed by atoms with Gasteiger partial charge in [-0.25, -0.2) is 9.59 Å². The Morgan fingerprint density at radius 3 is 2.29 bits per heavy atom. The van der Waals surface area contributed by atoms with E-state index in [9.17, 15) is 9.59 Å². The first-order valence-electron chi connectivity index (χ1n) is 3.55. The molecule has 5 nitrogen and oxygen atoms in total. The second kappa shape index (κ2) is 3.97. The molecule has 0 aliphatic rings. The molecule has 14 heavy (non-hydrogen) atoms. The van der Waals surface area contributed by atoms with Crippen molar-refractivity contribution < 1.29 is 19.8 Å². The van der Waals surface area contributed by atoms with Crippen LogP contribution in [-0.4, -0.2) is 22.3 Å². The summed E-state index contributed by atoms with van der Waals surface area (Å²) in [6.07, 6.45) is -1.43. The Kier molecular flexibility index (Phi) is 2.93. The van der Waals surface area contributed by atoms with Gasteiger partial charge in [-0.2, -0.15) is 4.42 Å². The number of carboxylic acid groups (broad SMARTS) is 2. The molecule has 0 bridgehead atoms. The van der Waals surface area contributed by atoms with Crippen molar-refractivity contribution in [3.63, 3.8) is 0 Å². The van der Waals surface area contributed by atoms with Crippen molar-refractivity contribution in [2.75, 3.05) is 4.42 Å². The standard InChI is InChI=1S/C8H6ClNO4/c9-10(8(13)14)6-4-2-1-3-5(6)7(11)12/h1-4H,(H,11,12)(H,13,14). The first kappa shape index (κ1) is 10.3. The molecule has 1 aromatic carbocycles. The highest BCUT2D eigenvalue weighted by Crippen LogP contribution is 2.22. The van der Waals surface area contributed by atoms with Gasteiger partial charge in [0, 0.05) is 11.8 Å². The molecule has 0 saturated heterocycles. The molecule has 0 aromatic heterocycles. The van der Waals surface area contributed by atoms with Crippen LogP contribution in [0, 0.1) is 0 Å². The molecule has 74 valence electrons. The number of hydrogen-bond donors (Lipinski definition) is 2. The molecule has 6 heteroatoms. The number of nitrogens with zero attached hydrogens (tertiary/aromatic N) is 1. The number of rotatable bonds is 2. The van der Waals surface area contributed by atoms with E-state index in [1.165, 1.54) is 24.3 Å². The van der Waals surface area contributed by atoms with Crippen LogP contribution >= 0.6 is 11.8 Å². The van der Waals surface area contributed by atoms with Gasteiger partial charge in [-0.15, -0.1) is 0 Å². The van der Waals surface area contributed by atoms with E-state index in [0.717, 1.165) is 0 Å². The monoisotopic (exact) mass is 215 g/mol. The van der Waals surface area contributed by atoms with Gasteiger partial charge in [-0.05, 0) is 12.1 Å². The fourth-order valence-electron chi connectivity index (χ4n) is 0.929. The zero-order chi connectivity index (χ0) is 10.7. The van der Waals surface area contributed by atoms with Crippen molar-refractivity contribution in [3.05, 3.63) is 29.8 Å². The fraction of sp³-hybridized carbons (Fsp3) is 0. The highest BCUT2D eigenvalue weighted by atomic mass is 35.5. The van der Waals surface area contributed by atoms with Gasteiger partial charge in [0.25, 0.3) is 0 Å². The van der Waals surface area contributed by atoms with Gasteiger partial charge in [-0.1, -0.05) is 12.1 Å². The maximum atomic E-state index is 10.7. The molecule has 1 rings (SSSR count). The van der Waals surface area contributed by atoms with E-state index in [1.807, 2.05) is 0 Å². The second-order valence-corrected chi connectivity index (χ2v) is 2.72. The summed E-state index contributed by atoms with van der Waals surface area (Å²) in [5.74, 6) is -1.23. The molecule has 0 spiro atoms. The largest absolute Gasteiger partial charge is 0.478 e. The third kappa shape index (κ3) is 1.94. The quantitative estimate of drug-likeness (QED) is 0.740. The normalized spacial score (nSPS) is 9.50. The van der Waals surface area contributed by atoms with Gasteiger partial charge in [0.05, 0.1) is 11.3 Å². The predicted octanol–water partition coefficient (Wildman–Crippen LogP) is 2.02. The number of hydrogen-bond acceptors (Lipinski definition) is 2. The molecule has 1 amide bonds. The van der Waals surface area contributed by atoms with Crippen LogP contribution in [-0.2, 0) is 0 Å². The molecule has 0 aliphatic carbocycles. The average Bonchev–Trinajstić information content (AvgIpc) is 2.16. The lowest BCUT2D eigenvalue weighted by atomic mass is 10.2. The number of benzene rings is 1. The third-order valence-electron chi connectivity index (χ3n) is 1.51. The lowest BCUT2D eigenvalue weighted by Gasteiger charge is -2.11. The van der Waals surface area contributed by atoms with Gasteiger partial charge < -0.3 is 10.2 Å². The molecule has 0 saturated carbocycles. The maximum Gasteiger partial charge on any atom is 0.426 e. The van der Waals surface area contributed by atoms with Crippen LogP contribution in [0.4, 0.5) is 10.5 Å². The Bertz CT molecular complexity index is 379. The van der Waals surface area contributed by atoms with E-state index in [0.29, 0.717) is 4.42 Å². The maximum absolute atomic E-state index is 10.7. The lowest BCUT2D eigenvalue weighted by molar-refractivity contribution is 0.0698. The highest BCUT2D eigenvalue weighted by Gasteiger charge is 2.18. The van der Waals surface area contributed by atoms with Crippen molar-refractivity contribution in [2.45, 2.75) is 0 Å². The Balaban J connectivity index is 3.19. The Morgan fingerprint density at radius 1 is 1.21 bits per heavy atom. The molecular weight excluding hydrogens is 210 g/mol. The summed E-state index contributed by atoms with van der Waals surface area (Å²) in [6, 6.07) is 5.57. The van der Waals surface area contributed by atoms with Gasteiger partial charge in [0.1, 0.15) is 0 Å². The molecule has 0 heterocycles. The van der Waals surface area contributed by atoms with Gasteiger partial charge in [0.15, 0.2) is 0 Å². The lowest BCUT2D eigenvalue weighted by Crippen LogP contribution is -2.20. The molecule has 0 atom stereocenters. The number of anilines is 1. The summed E-state index contributed by atoms with van der Waals surface area (Å²) < 4.78 is 0.337. The molecule has 2 N–H and O–H groups in total. The van der Waals surface area contributed by atoms with Crippen LogP contribution in [0.25, 0.3) is 0 Å². The van der Waals surface area contributed by atoms with Gasteiger partial charge in [0.2, 0.25) is 0 Å². The first-order chi connectivity index (χ1) is 6.54. The van der Waals surface area contributed by atoms with Crippen LogP contribution in [0.5, 0.6) is 0 Å².